The van der Waals surface area contributed by atoms with Crippen LogP contribution in [0.5, 0.6) is 0 Å². The van der Waals surface area contributed by atoms with Gasteiger partial charge in [0.25, 0.3) is 5.56 Å². The highest BCUT2D eigenvalue weighted by atomic mass is 35.5. The Morgan fingerprint density at radius 2 is 1.71 bits per heavy atom. The van der Waals surface area contributed by atoms with Crippen molar-refractivity contribution in [3.8, 4) is 0 Å². The van der Waals surface area contributed by atoms with Crippen LogP contribution in [0, 0.1) is 11.7 Å². The summed E-state index contributed by atoms with van der Waals surface area (Å²) in [5.41, 5.74) is -0.767. The first-order valence-electron chi connectivity index (χ1n) is 13.8. The Bertz CT molecular complexity index is 1490. The highest BCUT2D eigenvalue weighted by molar-refractivity contribution is 6.38. The molecule has 2 fully saturated rings. The second-order valence-corrected chi connectivity index (χ2v) is 13.3. The first-order valence-corrected chi connectivity index (χ1v) is 14.2. The first kappa shape index (κ1) is 30.7. The Morgan fingerprint density at radius 1 is 1.10 bits per heavy atom. The van der Waals surface area contributed by atoms with Crippen LogP contribution in [0.25, 0.3) is 10.9 Å². The van der Waals surface area contributed by atoms with Gasteiger partial charge < -0.3 is 19.3 Å². The summed E-state index contributed by atoms with van der Waals surface area (Å²) in [5, 5.41) is -0.174. The Kier molecular flexibility index (Phi) is 8.12. The molecule has 1 aromatic heterocycles. The summed E-state index contributed by atoms with van der Waals surface area (Å²) < 4.78 is 28.3. The third-order valence-corrected chi connectivity index (χ3v) is 7.63. The van der Waals surface area contributed by atoms with Crippen molar-refractivity contribution in [1.82, 2.24) is 14.1 Å². The average Bonchev–Trinajstić information content (AvgIpc) is 3.55. The zero-order valence-corrected chi connectivity index (χ0v) is 25.6. The van der Waals surface area contributed by atoms with E-state index >= 15 is 4.39 Å². The van der Waals surface area contributed by atoms with Gasteiger partial charge in [-0.15, -0.1) is 0 Å². The number of benzene rings is 1. The van der Waals surface area contributed by atoms with E-state index in [1.807, 2.05) is 6.92 Å². The van der Waals surface area contributed by atoms with Crippen LogP contribution in [0.3, 0.4) is 0 Å². The topological polar surface area (TPSA) is 115 Å². The fourth-order valence-corrected chi connectivity index (χ4v) is 5.46. The molecule has 226 valence electrons. The van der Waals surface area contributed by atoms with Gasteiger partial charge in [0.1, 0.15) is 17.0 Å². The van der Waals surface area contributed by atoms with E-state index in [0.717, 1.165) is 6.07 Å². The number of aromatic nitrogens is 2. The molecule has 1 aromatic carbocycles. The van der Waals surface area contributed by atoms with Gasteiger partial charge in [-0.2, -0.15) is 4.68 Å². The van der Waals surface area contributed by atoms with Crippen molar-refractivity contribution in [3.05, 3.63) is 37.7 Å². The van der Waals surface area contributed by atoms with Crippen molar-refractivity contribution in [2.45, 2.75) is 91.0 Å². The number of nitrogens with one attached hydrogen (secondary N) is 1. The minimum absolute atomic E-state index is 0.00432. The van der Waals surface area contributed by atoms with E-state index in [1.165, 1.54) is 4.57 Å². The van der Waals surface area contributed by atoms with E-state index in [0.29, 0.717) is 37.0 Å². The average molecular weight is 596 g/mol. The molecule has 1 aliphatic heterocycles. The van der Waals surface area contributed by atoms with Gasteiger partial charge in [0.2, 0.25) is 0 Å². The van der Waals surface area contributed by atoms with Crippen LogP contribution in [0.4, 0.5) is 19.7 Å². The normalized spacial score (nSPS) is 18.4. The van der Waals surface area contributed by atoms with Gasteiger partial charge >= 0.3 is 17.9 Å². The van der Waals surface area contributed by atoms with Crippen LogP contribution in [-0.2, 0) is 9.47 Å². The van der Waals surface area contributed by atoms with Crippen LogP contribution in [0.1, 0.15) is 73.8 Å². The third kappa shape index (κ3) is 6.47. The van der Waals surface area contributed by atoms with Crippen molar-refractivity contribution in [2.24, 2.45) is 5.92 Å². The number of halogens is 2. The van der Waals surface area contributed by atoms with Crippen molar-refractivity contribution < 1.29 is 23.5 Å². The molecule has 2 atom stereocenters. The molecule has 13 heteroatoms. The van der Waals surface area contributed by atoms with Gasteiger partial charge in [-0.25, -0.2) is 24.2 Å². The van der Waals surface area contributed by atoms with Crippen molar-refractivity contribution in [3.63, 3.8) is 0 Å². The molecule has 2 aliphatic rings. The molecule has 11 nitrogen and oxygen atoms in total. The van der Waals surface area contributed by atoms with Gasteiger partial charge in [-0.3, -0.25) is 9.36 Å². The van der Waals surface area contributed by atoms with Crippen LogP contribution >= 0.6 is 11.6 Å². The SMILES string of the molecule is C[C@@H]([C@@H]1CCN(c2c(F)cc3c(=O)n(NC(=O)OC(C)(C)C)c(=O)n(C4CC4)c3c2Cl)C1)N(C)C(=O)OC(C)(C)C. The van der Waals surface area contributed by atoms with Gasteiger partial charge in [-0.1, -0.05) is 11.6 Å². The number of rotatable bonds is 5. The molecule has 1 N–H and O–H groups in total. The van der Waals surface area contributed by atoms with E-state index in [2.05, 4.69) is 5.43 Å². The second-order valence-electron chi connectivity index (χ2n) is 12.9. The van der Waals surface area contributed by atoms with Crippen LogP contribution < -0.4 is 21.6 Å². The lowest BCUT2D eigenvalue weighted by Gasteiger charge is -2.32. The Morgan fingerprint density at radius 3 is 2.27 bits per heavy atom. The number of amides is 2. The van der Waals surface area contributed by atoms with E-state index in [9.17, 15) is 19.2 Å². The summed E-state index contributed by atoms with van der Waals surface area (Å²) in [7, 11) is 1.68. The van der Waals surface area contributed by atoms with Gasteiger partial charge in [0.15, 0.2) is 0 Å². The monoisotopic (exact) mass is 595 g/mol. The third-order valence-electron chi connectivity index (χ3n) is 7.27. The maximum Gasteiger partial charge on any atom is 0.427 e. The molecule has 2 aromatic rings. The smallest absolute Gasteiger partial charge is 0.427 e. The van der Waals surface area contributed by atoms with E-state index < -0.39 is 40.5 Å². The van der Waals surface area contributed by atoms with Crippen LogP contribution in [0.15, 0.2) is 15.7 Å². The van der Waals surface area contributed by atoms with E-state index in [4.69, 9.17) is 21.1 Å². The number of anilines is 1. The summed E-state index contributed by atoms with van der Waals surface area (Å²) in [5.74, 6) is -0.728. The fraction of sp³-hybridized carbons (Fsp3) is 0.643. The summed E-state index contributed by atoms with van der Waals surface area (Å²) in [6.07, 6.45) is 0.573. The molecule has 41 heavy (non-hydrogen) atoms. The molecule has 0 spiro atoms. The number of fused-ring (bicyclic) bond motifs is 1. The largest absolute Gasteiger partial charge is 0.444 e. The van der Waals surface area contributed by atoms with E-state index in [-0.39, 0.29) is 39.6 Å². The molecule has 0 bridgehead atoms. The van der Waals surface area contributed by atoms with Gasteiger partial charge in [0, 0.05) is 32.2 Å². The lowest BCUT2D eigenvalue weighted by atomic mass is 10.00. The predicted octanol–water partition coefficient (Wildman–Crippen LogP) is 4.85. The molecule has 2 heterocycles. The molecule has 2 amide bonds. The maximum absolute atomic E-state index is 15.7. The minimum atomic E-state index is -0.991. The first-order chi connectivity index (χ1) is 18.9. The van der Waals surface area contributed by atoms with Crippen molar-refractivity contribution in [1.29, 1.82) is 0 Å². The Balaban J connectivity index is 1.70. The molecular formula is C28H39ClFN5O6. The number of ether oxygens (including phenoxy) is 2. The van der Waals surface area contributed by atoms with Crippen LogP contribution in [-0.4, -0.2) is 63.7 Å². The standard InChI is InChI=1S/C28H39ClFN5O6/c1-15(32(8)26(39)41-28(5,6)7)16-11-12-33(14-16)22-19(30)13-18-21(20(22)29)34(17-9-10-17)25(38)35(23(18)36)31-24(37)40-27(2,3)4/h13,15-17H,9-12,14H2,1-8H3,(H,31,37)/t15-,16+/m0/s1. The Hall–Kier alpha value is -3.28. The lowest BCUT2D eigenvalue weighted by Crippen LogP contribution is -2.48. The molecule has 1 aliphatic carbocycles. The van der Waals surface area contributed by atoms with Gasteiger partial charge in [-0.05, 0) is 79.7 Å². The number of hydrogen-bond donors (Lipinski definition) is 1. The summed E-state index contributed by atoms with van der Waals surface area (Å²) in [6.45, 7) is 13.1. The van der Waals surface area contributed by atoms with Crippen molar-refractivity contribution >= 4 is 40.4 Å². The van der Waals surface area contributed by atoms with Gasteiger partial charge in [0.05, 0.1) is 21.6 Å². The second kappa shape index (κ2) is 10.8. The maximum atomic E-state index is 15.7. The summed E-state index contributed by atoms with van der Waals surface area (Å²) in [6, 6.07) is 0.614. The number of nitrogens with zero attached hydrogens (tertiary/aromatic N) is 4. The zero-order chi connectivity index (χ0) is 30.6. The Labute approximate surface area is 243 Å². The number of hydrogen-bond acceptors (Lipinski definition) is 7. The molecule has 0 unspecified atom stereocenters. The molecule has 1 saturated carbocycles. The minimum Gasteiger partial charge on any atom is -0.444 e. The highest BCUT2D eigenvalue weighted by Crippen LogP contribution is 2.42. The van der Waals surface area contributed by atoms with Crippen molar-refractivity contribution in [2.75, 3.05) is 30.5 Å². The highest BCUT2D eigenvalue weighted by Gasteiger charge is 2.36. The molecular weight excluding hydrogens is 557 g/mol. The fourth-order valence-electron chi connectivity index (χ4n) is 5.06. The molecule has 0 radical (unpaired) electrons. The number of carbonyl (C=O) groups excluding carboxylic acids is 2. The lowest BCUT2D eigenvalue weighted by molar-refractivity contribution is 0.0192. The predicted molar refractivity (Wildman–Crippen MR) is 155 cm³/mol. The molecule has 4 rings (SSSR count). The number of carbonyl (C=O) groups is 2. The summed E-state index contributed by atoms with van der Waals surface area (Å²) >= 11 is 6.82. The zero-order valence-electron chi connectivity index (χ0n) is 24.8. The van der Waals surface area contributed by atoms with E-state index in [1.54, 1.807) is 58.4 Å². The molecule has 1 saturated heterocycles. The quantitative estimate of drug-likeness (QED) is 0.525. The summed E-state index contributed by atoms with van der Waals surface area (Å²) in [4.78, 5) is 55.2. The van der Waals surface area contributed by atoms with Crippen LogP contribution in [0.2, 0.25) is 5.02 Å².